The molecule has 2 heteroatoms. The zero-order valence-corrected chi connectivity index (χ0v) is 12.4. The first kappa shape index (κ1) is 12.5. The minimum absolute atomic E-state index is 1.04. The largest absolute Gasteiger partial charge is 0.129 e. The number of rotatable bonds is 1. The number of halogens is 1. The van der Waals surface area contributed by atoms with E-state index in [1.165, 1.54) is 11.1 Å². The quantitative estimate of drug-likeness (QED) is 0.533. The molecule has 0 amide bonds. The molecule has 0 saturated heterocycles. The van der Waals surface area contributed by atoms with Gasteiger partial charge in [0.2, 0.25) is 0 Å². The lowest BCUT2D eigenvalue weighted by molar-refractivity contribution is 1.13. The van der Waals surface area contributed by atoms with Crippen LogP contribution in [0.3, 0.4) is 0 Å². The Morgan fingerprint density at radius 1 is 1.27 bits per heavy atom. The van der Waals surface area contributed by atoms with Gasteiger partial charge in [0, 0.05) is 10.0 Å². The molecule has 0 aliphatic heterocycles. The van der Waals surface area contributed by atoms with Crippen LogP contribution in [0.5, 0.6) is 0 Å². The summed E-state index contributed by atoms with van der Waals surface area (Å²) in [5.74, 6) is 3.32. The van der Waals surface area contributed by atoms with Gasteiger partial charge < -0.3 is 0 Å². The average molecular weight is 281 g/mol. The summed E-state index contributed by atoms with van der Waals surface area (Å²) in [6.45, 7) is 8.97. The molecule has 0 radical (unpaired) electrons. The molecule has 15 heavy (non-hydrogen) atoms. The van der Waals surface area contributed by atoms with E-state index in [2.05, 4.69) is 72.2 Å². The molecule has 0 unspecified atom stereocenters. The van der Waals surface area contributed by atoms with E-state index in [1.807, 2.05) is 0 Å². The monoisotopic (exact) mass is 280 g/mol. The summed E-state index contributed by atoms with van der Waals surface area (Å²) >= 11 is 3.49. The fourth-order valence-corrected chi connectivity index (χ4v) is 2.15. The second-order valence-corrected chi connectivity index (χ2v) is 10.3. The zero-order chi connectivity index (χ0) is 11.5. The van der Waals surface area contributed by atoms with Crippen LogP contribution in [0.1, 0.15) is 18.1 Å². The van der Waals surface area contributed by atoms with E-state index in [0.29, 0.717) is 0 Å². The second kappa shape index (κ2) is 5.00. The Labute approximate surface area is 102 Å². The highest BCUT2D eigenvalue weighted by Crippen LogP contribution is 2.16. The standard InChI is InChI=1S/C13H17BrSi/c1-5-11-10-13(14)7-6-12(11)8-9-15(2,3)4/h6-7,10H,5H2,1-4H3. The normalized spacial score (nSPS) is 10.7. The second-order valence-electron chi connectivity index (χ2n) is 4.66. The zero-order valence-electron chi connectivity index (χ0n) is 9.82. The van der Waals surface area contributed by atoms with Crippen molar-refractivity contribution in [2.75, 3.05) is 0 Å². The number of aryl methyl sites for hydroxylation is 1. The van der Waals surface area contributed by atoms with Crippen LogP contribution in [-0.2, 0) is 6.42 Å². The van der Waals surface area contributed by atoms with Gasteiger partial charge in [0.15, 0.2) is 0 Å². The first-order chi connectivity index (χ1) is 6.92. The maximum atomic E-state index is 3.49. The number of benzene rings is 1. The van der Waals surface area contributed by atoms with Gasteiger partial charge in [-0.05, 0) is 30.2 Å². The van der Waals surface area contributed by atoms with Crippen LogP contribution in [0, 0.1) is 11.5 Å². The maximum absolute atomic E-state index is 3.49. The van der Waals surface area contributed by atoms with Crippen molar-refractivity contribution < 1.29 is 0 Å². The van der Waals surface area contributed by atoms with Crippen LogP contribution < -0.4 is 0 Å². The van der Waals surface area contributed by atoms with Gasteiger partial charge in [0.1, 0.15) is 8.07 Å². The third-order valence-electron chi connectivity index (χ3n) is 2.02. The molecule has 1 rings (SSSR count). The summed E-state index contributed by atoms with van der Waals surface area (Å²) in [6.07, 6.45) is 1.04. The molecule has 1 aromatic carbocycles. The Kier molecular flexibility index (Phi) is 4.18. The van der Waals surface area contributed by atoms with Crippen LogP contribution in [-0.4, -0.2) is 8.07 Å². The summed E-state index contributed by atoms with van der Waals surface area (Å²) in [7, 11) is -1.26. The Bertz CT molecular complexity index is 405. The fourth-order valence-electron chi connectivity index (χ4n) is 1.23. The molecular formula is C13H17BrSi. The predicted molar refractivity (Wildman–Crippen MR) is 73.7 cm³/mol. The lowest BCUT2D eigenvalue weighted by atomic mass is 10.1. The first-order valence-corrected chi connectivity index (χ1v) is 9.53. The summed E-state index contributed by atoms with van der Waals surface area (Å²) < 4.78 is 1.14. The van der Waals surface area contributed by atoms with E-state index in [0.717, 1.165) is 10.9 Å². The molecule has 0 atom stereocenters. The molecule has 0 spiro atoms. The molecule has 80 valence electrons. The summed E-state index contributed by atoms with van der Waals surface area (Å²) in [5, 5.41) is 0. The van der Waals surface area contributed by atoms with Gasteiger partial charge in [-0.1, -0.05) is 48.4 Å². The van der Waals surface area contributed by atoms with Crippen molar-refractivity contribution in [2.24, 2.45) is 0 Å². The Hall–Kier alpha value is -0.523. The SMILES string of the molecule is CCc1cc(Br)ccc1C#C[Si](C)(C)C. The predicted octanol–water partition coefficient (Wildman–Crippen LogP) is 4.24. The molecule has 0 fully saturated rings. The third kappa shape index (κ3) is 4.23. The Morgan fingerprint density at radius 2 is 1.93 bits per heavy atom. The highest BCUT2D eigenvalue weighted by Gasteiger charge is 2.08. The summed E-state index contributed by atoms with van der Waals surface area (Å²) in [6, 6.07) is 6.33. The molecule has 0 nitrogen and oxygen atoms in total. The van der Waals surface area contributed by atoms with E-state index in [-0.39, 0.29) is 0 Å². The molecule has 0 aromatic heterocycles. The minimum Gasteiger partial charge on any atom is -0.127 e. The van der Waals surface area contributed by atoms with Crippen LogP contribution in [0.4, 0.5) is 0 Å². The highest BCUT2D eigenvalue weighted by atomic mass is 79.9. The molecular weight excluding hydrogens is 264 g/mol. The summed E-state index contributed by atoms with van der Waals surface area (Å²) in [5.41, 5.74) is 5.92. The molecule has 0 aliphatic carbocycles. The number of hydrogen-bond acceptors (Lipinski definition) is 0. The molecule has 0 heterocycles. The van der Waals surface area contributed by atoms with Crippen molar-refractivity contribution in [3.8, 4) is 11.5 Å². The van der Waals surface area contributed by atoms with E-state index in [4.69, 9.17) is 0 Å². The minimum atomic E-state index is -1.26. The van der Waals surface area contributed by atoms with Crippen LogP contribution >= 0.6 is 15.9 Å². The van der Waals surface area contributed by atoms with Crippen molar-refractivity contribution in [1.29, 1.82) is 0 Å². The first-order valence-electron chi connectivity index (χ1n) is 5.24. The van der Waals surface area contributed by atoms with Crippen molar-refractivity contribution in [3.05, 3.63) is 33.8 Å². The Morgan fingerprint density at radius 3 is 2.47 bits per heavy atom. The van der Waals surface area contributed by atoms with Crippen LogP contribution in [0.25, 0.3) is 0 Å². The smallest absolute Gasteiger partial charge is 0.127 e. The Balaban J connectivity index is 3.08. The van der Waals surface area contributed by atoms with Gasteiger partial charge >= 0.3 is 0 Å². The van der Waals surface area contributed by atoms with Gasteiger partial charge in [0.05, 0.1) is 0 Å². The van der Waals surface area contributed by atoms with Crippen molar-refractivity contribution >= 4 is 24.0 Å². The highest BCUT2D eigenvalue weighted by molar-refractivity contribution is 9.10. The van der Waals surface area contributed by atoms with Crippen LogP contribution in [0.15, 0.2) is 22.7 Å². The van der Waals surface area contributed by atoms with Gasteiger partial charge in [-0.15, -0.1) is 5.54 Å². The maximum Gasteiger partial charge on any atom is 0.129 e. The van der Waals surface area contributed by atoms with Gasteiger partial charge in [-0.25, -0.2) is 0 Å². The van der Waals surface area contributed by atoms with Crippen molar-refractivity contribution in [1.82, 2.24) is 0 Å². The average Bonchev–Trinajstić information content (AvgIpc) is 2.14. The molecule has 0 aliphatic rings. The van der Waals surface area contributed by atoms with Crippen molar-refractivity contribution in [3.63, 3.8) is 0 Å². The summed E-state index contributed by atoms with van der Waals surface area (Å²) in [4.78, 5) is 0. The molecule has 1 aromatic rings. The molecule has 0 bridgehead atoms. The lowest BCUT2D eigenvalue weighted by Gasteiger charge is -2.05. The lowest BCUT2D eigenvalue weighted by Crippen LogP contribution is -2.16. The number of hydrogen-bond donors (Lipinski definition) is 0. The molecule has 0 N–H and O–H groups in total. The van der Waals surface area contributed by atoms with Gasteiger partial charge in [-0.3, -0.25) is 0 Å². The third-order valence-corrected chi connectivity index (χ3v) is 3.39. The van der Waals surface area contributed by atoms with E-state index in [1.54, 1.807) is 0 Å². The van der Waals surface area contributed by atoms with Crippen LogP contribution in [0.2, 0.25) is 19.6 Å². The van der Waals surface area contributed by atoms with E-state index >= 15 is 0 Å². The van der Waals surface area contributed by atoms with E-state index < -0.39 is 8.07 Å². The topological polar surface area (TPSA) is 0 Å². The fraction of sp³-hybridized carbons (Fsp3) is 0.385. The van der Waals surface area contributed by atoms with E-state index in [9.17, 15) is 0 Å². The molecule has 0 saturated carbocycles. The van der Waals surface area contributed by atoms with Gasteiger partial charge in [0.25, 0.3) is 0 Å². The van der Waals surface area contributed by atoms with Crippen molar-refractivity contribution in [2.45, 2.75) is 33.0 Å². The van der Waals surface area contributed by atoms with Gasteiger partial charge in [-0.2, -0.15) is 0 Å².